The molecule has 0 amide bonds. The third-order valence-electron chi connectivity index (χ3n) is 4.08. The van der Waals surface area contributed by atoms with Crippen LogP contribution in [0.3, 0.4) is 0 Å². The molecule has 1 fully saturated rings. The average molecular weight is 238 g/mol. The number of nitrogens with one attached hydrogen (secondary N) is 1. The van der Waals surface area contributed by atoms with Gasteiger partial charge in [0.2, 0.25) is 0 Å². The van der Waals surface area contributed by atoms with Gasteiger partial charge in [0.15, 0.2) is 0 Å². The highest BCUT2D eigenvalue weighted by molar-refractivity contribution is 5.09. The standard InChI is InChI=1S/C14H26N2O/c1-13(2,3)12-5-7-14(11-15,8-6-12)16-9-4-10-17/h12,16-17H,4-10H2,1-3H3. The molecule has 0 aromatic carbocycles. The molecule has 0 atom stereocenters. The zero-order chi connectivity index (χ0) is 12.9. The molecule has 1 aliphatic carbocycles. The molecule has 1 rings (SSSR count). The third kappa shape index (κ3) is 3.97. The van der Waals surface area contributed by atoms with Gasteiger partial charge < -0.3 is 5.11 Å². The quantitative estimate of drug-likeness (QED) is 0.740. The minimum absolute atomic E-state index is 0.194. The molecule has 1 aliphatic rings. The highest BCUT2D eigenvalue weighted by Crippen LogP contribution is 2.41. The van der Waals surface area contributed by atoms with Gasteiger partial charge in [0.05, 0.1) is 6.07 Å². The lowest BCUT2D eigenvalue weighted by Gasteiger charge is -2.41. The molecule has 0 radical (unpaired) electrons. The summed E-state index contributed by atoms with van der Waals surface area (Å²) >= 11 is 0. The number of hydrogen-bond donors (Lipinski definition) is 2. The monoisotopic (exact) mass is 238 g/mol. The third-order valence-corrected chi connectivity index (χ3v) is 4.08. The minimum Gasteiger partial charge on any atom is -0.396 e. The highest BCUT2D eigenvalue weighted by atomic mass is 16.3. The van der Waals surface area contributed by atoms with Crippen LogP contribution in [0.2, 0.25) is 0 Å². The van der Waals surface area contributed by atoms with E-state index in [1.165, 1.54) is 0 Å². The number of nitriles is 1. The predicted molar refractivity (Wildman–Crippen MR) is 69.5 cm³/mol. The van der Waals surface area contributed by atoms with Crippen molar-refractivity contribution < 1.29 is 5.11 Å². The van der Waals surface area contributed by atoms with Gasteiger partial charge in [-0.15, -0.1) is 0 Å². The first-order valence-electron chi connectivity index (χ1n) is 6.71. The van der Waals surface area contributed by atoms with Gasteiger partial charge in [-0.3, -0.25) is 5.32 Å². The molecular weight excluding hydrogens is 212 g/mol. The number of nitrogens with zero attached hydrogens (tertiary/aromatic N) is 1. The Morgan fingerprint density at radius 2 is 1.94 bits per heavy atom. The van der Waals surface area contributed by atoms with Crippen LogP contribution in [0.25, 0.3) is 0 Å². The van der Waals surface area contributed by atoms with Crippen molar-refractivity contribution in [3.63, 3.8) is 0 Å². The van der Waals surface area contributed by atoms with E-state index in [0.717, 1.165) is 44.6 Å². The summed E-state index contributed by atoms with van der Waals surface area (Å²) in [6.07, 6.45) is 4.87. The Labute approximate surface area is 105 Å². The SMILES string of the molecule is CC(C)(C)C1CCC(C#N)(NCCCO)CC1. The first-order valence-corrected chi connectivity index (χ1v) is 6.71. The zero-order valence-electron chi connectivity index (χ0n) is 11.4. The van der Waals surface area contributed by atoms with Gasteiger partial charge in [0.1, 0.15) is 5.54 Å². The first kappa shape index (κ1) is 14.5. The van der Waals surface area contributed by atoms with Gasteiger partial charge in [-0.1, -0.05) is 20.8 Å². The second-order valence-corrected chi connectivity index (χ2v) is 6.34. The molecule has 0 heterocycles. The van der Waals surface area contributed by atoms with Gasteiger partial charge in [-0.2, -0.15) is 5.26 Å². The predicted octanol–water partition coefficient (Wildman–Crippen LogP) is 2.46. The van der Waals surface area contributed by atoms with E-state index >= 15 is 0 Å². The highest BCUT2D eigenvalue weighted by Gasteiger charge is 2.38. The Bertz CT molecular complexity index is 267. The van der Waals surface area contributed by atoms with Crippen molar-refractivity contribution in [3.05, 3.63) is 0 Å². The lowest BCUT2D eigenvalue weighted by molar-refractivity contribution is 0.137. The van der Waals surface area contributed by atoms with Crippen LogP contribution >= 0.6 is 0 Å². The molecule has 17 heavy (non-hydrogen) atoms. The lowest BCUT2D eigenvalue weighted by atomic mass is 9.67. The topological polar surface area (TPSA) is 56.0 Å². The first-order chi connectivity index (χ1) is 7.93. The summed E-state index contributed by atoms with van der Waals surface area (Å²) in [5, 5.41) is 21.5. The molecule has 3 nitrogen and oxygen atoms in total. The van der Waals surface area contributed by atoms with Crippen LogP contribution < -0.4 is 5.32 Å². The van der Waals surface area contributed by atoms with Crippen molar-refractivity contribution in [1.82, 2.24) is 5.32 Å². The Balaban J connectivity index is 2.49. The van der Waals surface area contributed by atoms with Crippen LogP contribution in [0, 0.1) is 22.7 Å². The molecule has 0 bridgehead atoms. The molecule has 3 heteroatoms. The Morgan fingerprint density at radius 3 is 2.35 bits per heavy atom. The Hall–Kier alpha value is -0.590. The second-order valence-electron chi connectivity index (χ2n) is 6.34. The van der Waals surface area contributed by atoms with E-state index in [0.29, 0.717) is 5.41 Å². The number of hydrogen-bond acceptors (Lipinski definition) is 3. The van der Waals surface area contributed by atoms with E-state index < -0.39 is 0 Å². The van der Waals surface area contributed by atoms with Crippen molar-refractivity contribution >= 4 is 0 Å². The van der Waals surface area contributed by atoms with Crippen LogP contribution in [-0.2, 0) is 0 Å². The smallest absolute Gasteiger partial charge is 0.106 e. The zero-order valence-corrected chi connectivity index (χ0v) is 11.4. The lowest BCUT2D eigenvalue weighted by Crippen LogP contribution is -2.48. The van der Waals surface area contributed by atoms with Crippen molar-refractivity contribution in [1.29, 1.82) is 5.26 Å². The fourth-order valence-electron chi connectivity index (χ4n) is 2.71. The summed E-state index contributed by atoms with van der Waals surface area (Å²) in [6.45, 7) is 7.80. The second kappa shape index (κ2) is 5.84. The van der Waals surface area contributed by atoms with Crippen LogP contribution in [0.5, 0.6) is 0 Å². The van der Waals surface area contributed by atoms with Crippen LogP contribution in [0.1, 0.15) is 52.9 Å². The number of rotatable bonds is 4. The van der Waals surface area contributed by atoms with Crippen molar-refractivity contribution in [2.75, 3.05) is 13.2 Å². The van der Waals surface area contributed by atoms with Gasteiger partial charge in [-0.25, -0.2) is 0 Å². The maximum atomic E-state index is 9.35. The van der Waals surface area contributed by atoms with E-state index in [-0.39, 0.29) is 12.1 Å². The molecule has 0 aromatic heterocycles. The Kier molecular flexibility index (Phi) is 4.97. The summed E-state index contributed by atoms with van der Waals surface area (Å²) in [4.78, 5) is 0. The Morgan fingerprint density at radius 1 is 1.35 bits per heavy atom. The molecule has 2 N–H and O–H groups in total. The summed E-state index contributed by atoms with van der Waals surface area (Å²) in [5.74, 6) is 0.726. The summed E-state index contributed by atoms with van der Waals surface area (Å²) < 4.78 is 0. The molecule has 0 spiro atoms. The summed E-state index contributed by atoms with van der Waals surface area (Å²) in [7, 11) is 0. The van der Waals surface area contributed by atoms with Crippen LogP contribution in [-0.4, -0.2) is 23.8 Å². The van der Waals surface area contributed by atoms with Gasteiger partial charge >= 0.3 is 0 Å². The summed E-state index contributed by atoms with van der Waals surface area (Å²) in [6, 6.07) is 2.46. The van der Waals surface area contributed by atoms with Crippen molar-refractivity contribution in [3.8, 4) is 6.07 Å². The fraction of sp³-hybridized carbons (Fsp3) is 0.929. The minimum atomic E-state index is -0.336. The molecular formula is C14H26N2O. The van der Waals surface area contributed by atoms with Crippen molar-refractivity contribution in [2.24, 2.45) is 11.3 Å². The van der Waals surface area contributed by atoms with Gasteiger partial charge in [0.25, 0.3) is 0 Å². The molecule has 98 valence electrons. The molecule has 0 aliphatic heterocycles. The summed E-state index contributed by atoms with van der Waals surface area (Å²) in [5.41, 5.74) is 0.0175. The van der Waals surface area contributed by atoms with E-state index in [1.807, 2.05) is 0 Å². The number of aliphatic hydroxyl groups excluding tert-OH is 1. The van der Waals surface area contributed by atoms with E-state index in [4.69, 9.17) is 5.11 Å². The van der Waals surface area contributed by atoms with Crippen LogP contribution in [0.15, 0.2) is 0 Å². The molecule has 0 aromatic rings. The maximum absolute atomic E-state index is 9.35. The van der Waals surface area contributed by atoms with Gasteiger partial charge in [0, 0.05) is 6.61 Å². The largest absolute Gasteiger partial charge is 0.396 e. The van der Waals surface area contributed by atoms with E-state index in [2.05, 4.69) is 32.2 Å². The molecule has 0 unspecified atom stereocenters. The van der Waals surface area contributed by atoms with E-state index in [9.17, 15) is 5.26 Å². The normalized spacial score (nSPS) is 29.9. The van der Waals surface area contributed by atoms with E-state index in [1.54, 1.807) is 0 Å². The fourth-order valence-corrected chi connectivity index (χ4v) is 2.71. The van der Waals surface area contributed by atoms with Crippen molar-refractivity contribution in [2.45, 2.75) is 58.4 Å². The molecule has 1 saturated carbocycles. The molecule has 0 saturated heterocycles. The van der Waals surface area contributed by atoms with Crippen LogP contribution in [0.4, 0.5) is 0 Å². The van der Waals surface area contributed by atoms with Gasteiger partial charge in [-0.05, 0) is 50.0 Å². The maximum Gasteiger partial charge on any atom is 0.106 e. The average Bonchev–Trinajstić information content (AvgIpc) is 2.29. The number of aliphatic hydroxyl groups is 1.